The van der Waals surface area contributed by atoms with Gasteiger partial charge in [-0.2, -0.15) is 0 Å². The fourth-order valence-corrected chi connectivity index (χ4v) is 3.30. The van der Waals surface area contributed by atoms with Crippen LogP contribution in [0.3, 0.4) is 0 Å². The summed E-state index contributed by atoms with van der Waals surface area (Å²) in [6.45, 7) is 4.69. The van der Waals surface area contributed by atoms with Crippen LogP contribution in [0.25, 0.3) is 11.3 Å². The molecule has 0 saturated carbocycles. The van der Waals surface area contributed by atoms with E-state index >= 15 is 0 Å². The molecule has 1 fully saturated rings. The smallest absolute Gasteiger partial charge is 0.137 e. The van der Waals surface area contributed by atoms with Crippen molar-refractivity contribution in [3.8, 4) is 11.3 Å². The number of hydrogen-bond acceptors (Lipinski definition) is 4. The SMILES string of the molecule is CN(CCCc1cc(-c2ccccc2)no1)CC1CCNCC1.Cl. The van der Waals surface area contributed by atoms with Crippen molar-refractivity contribution in [3.63, 3.8) is 0 Å². The van der Waals surface area contributed by atoms with E-state index in [-0.39, 0.29) is 12.4 Å². The van der Waals surface area contributed by atoms with Crippen molar-refractivity contribution in [2.45, 2.75) is 25.7 Å². The van der Waals surface area contributed by atoms with Gasteiger partial charge in [0.05, 0.1) is 0 Å². The highest BCUT2D eigenvalue weighted by Crippen LogP contribution is 2.19. The van der Waals surface area contributed by atoms with Gasteiger partial charge in [-0.15, -0.1) is 12.4 Å². The van der Waals surface area contributed by atoms with Crippen LogP contribution >= 0.6 is 12.4 Å². The summed E-state index contributed by atoms with van der Waals surface area (Å²) >= 11 is 0. The molecule has 132 valence electrons. The summed E-state index contributed by atoms with van der Waals surface area (Å²) in [5, 5.41) is 7.61. The molecule has 3 rings (SSSR count). The number of piperidine rings is 1. The molecule has 0 unspecified atom stereocenters. The standard InChI is InChI=1S/C19H27N3O.ClH/c1-22(15-16-9-11-20-12-10-16)13-5-8-18-14-19(21-23-18)17-6-3-2-4-7-17;/h2-4,6-7,14,16,20H,5,8-13,15H2,1H3;1H. The van der Waals surface area contributed by atoms with E-state index in [1.54, 1.807) is 0 Å². The maximum absolute atomic E-state index is 5.47. The molecule has 0 spiro atoms. The van der Waals surface area contributed by atoms with Crippen molar-refractivity contribution in [1.29, 1.82) is 0 Å². The Labute approximate surface area is 151 Å². The number of rotatable bonds is 7. The normalized spacial score (nSPS) is 15.4. The van der Waals surface area contributed by atoms with E-state index in [0.29, 0.717) is 0 Å². The highest BCUT2D eigenvalue weighted by atomic mass is 35.5. The van der Waals surface area contributed by atoms with Gasteiger partial charge in [0.2, 0.25) is 0 Å². The van der Waals surface area contributed by atoms with Crippen molar-refractivity contribution in [3.05, 3.63) is 42.2 Å². The minimum absolute atomic E-state index is 0. The van der Waals surface area contributed by atoms with Gasteiger partial charge in [0.15, 0.2) is 0 Å². The lowest BCUT2D eigenvalue weighted by Crippen LogP contribution is -2.35. The molecule has 1 aromatic heterocycles. The molecule has 0 radical (unpaired) electrons. The van der Waals surface area contributed by atoms with Gasteiger partial charge in [-0.3, -0.25) is 0 Å². The third kappa shape index (κ3) is 5.62. The number of aromatic nitrogens is 1. The summed E-state index contributed by atoms with van der Waals surface area (Å²) in [6.07, 6.45) is 4.70. The monoisotopic (exact) mass is 349 g/mol. The molecule has 24 heavy (non-hydrogen) atoms. The Balaban J connectivity index is 0.00000208. The molecular weight excluding hydrogens is 322 g/mol. The van der Waals surface area contributed by atoms with Crippen LogP contribution in [0.5, 0.6) is 0 Å². The van der Waals surface area contributed by atoms with Gasteiger partial charge in [-0.1, -0.05) is 35.5 Å². The predicted octanol–water partition coefficient (Wildman–Crippen LogP) is 3.63. The Morgan fingerprint density at radius 3 is 2.71 bits per heavy atom. The van der Waals surface area contributed by atoms with Gasteiger partial charge < -0.3 is 14.7 Å². The molecule has 2 aromatic rings. The van der Waals surface area contributed by atoms with Gasteiger partial charge in [-0.25, -0.2) is 0 Å². The van der Waals surface area contributed by atoms with Crippen molar-refractivity contribution in [1.82, 2.24) is 15.4 Å². The largest absolute Gasteiger partial charge is 0.361 e. The highest BCUT2D eigenvalue weighted by molar-refractivity contribution is 5.85. The Bertz CT molecular complexity index is 581. The first kappa shape index (κ1) is 19.0. The van der Waals surface area contributed by atoms with Gasteiger partial charge >= 0.3 is 0 Å². The highest BCUT2D eigenvalue weighted by Gasteiger charge is 2.15. The van der Waals surface area contributed by atoms with Crippen LogP contribution in [0.4, 0.5) is 0 Å². The van der Waals surface area contributed by atoms with Crippen molar-refractivity contribution < 1.29 is 4.52 Å². The van der Waals surface area contributed by atoms with Gasteiger partial charge in [0, 0.05) is 24.6 Å². The summed E-state index contributed by atoms with van der Waals surface area (Å²) < 4.78 is 5.47. The number of halogens is 1. The Morgan fingerprint density at radius 1 is 1.21 bits per heavy atom. The Kier molecular flexibility index (Phi) is 7.76. The van der Waals surface area contributed by atoms with Crippen LogP contribution in [0, 0.1) is 5.92 Å². The molecule has 0 atom stereocenters. The van der Waals surface area contributed by atoms with Crippen LogP contribution in [0.15, 0.2) is 40.9 Å². The predicted molar refractivity (Wildman–Crippen MR) is 101 cm³/mol. The fraction of sp³-hybridized carbons (Fsp3) is 0.526. The van der Waals surface area contributed by atoms with E-state index in [9.17, 15) is 0 Å². The Morgan fingerprint density at radius 2 is 1.96 bits per heavy atom. The second-order valence-corrected chi connectivity index (χ2v) is 6.60. The molecule has 0 bridgehead atoms. The molecule has 4 nitrogen and oxygen atoms in total. The number of nitrogens with zero attached hydrogens (tertiary/aromatic N) is 2. The molecule has 0 amide bonds. The maximum Gasteiger partial charge on any atom is 0.137 e. The second kappa shape index (κ2) is 9.82. The van der Waals surface area contributed by atoms with Crippen molar-refractivity contribution >= 4 is 12.4 Å². The third-order valence-corrected chi connectivity index (χ3v) is 4.62. The van der Waals surface area contributed by atoms with Crippen LogP contribution in [-0.4, -0.2) is 43.3 Å². The third-order valence-electron chi connectivity index (χ3n) is 4.62. The lowest BCUT2D eigenvalue weighted by Gasteiger charge is -2.27. The molecule has 2 heterocycles. The lowest BCUT2D eigenvalue weighted by atomic mass is 9.97. The summed E-state index contributed by atoms with van der Waals surface area (Å²) in [7, 11) is 2.23. The second-order valence-electron chi connectivity index (χ2n) is 6.60. The average molecular weight is 350 g/mol. The van der Waals surface area contributed by atoms with Crippen LogP contribution in [-0.2, 0) is 6.42 Å². The minimum atomic E-state index is 0. The molecule has 1 saturated heterocycles. The number of hydrogen-bond donors (Lipinski definition) is 1. The number of nitrogens with one attached hydrogen (secondary N) is 1. The van der Waals surface area contributed by atoms with E-state index in [2.05, 4.69) is 40.6 Å². The zero-order valence-electron chi connectivity index (χ0n) is 14.4. The first-order valence-corrected chi connectivity index (χ1v) is 8.71. The van der Waals surface area contributed by atoms with Crippen molar-refractivity contribution in [2.24, 2.45) is 5.92 Å². The van der Waals surface area contributed by atoms with Crippen LogP contribution in [0.1, 0.15) is 25.0 Å². The molecule has 1 aliphatic rings. The van der Waals surface area contributed by atoms with Gasteiger partial charge in [0.1, 0.15) is 11.5 Å². The number of benzene rings is 1. The molecule has 0 aliphatic carbocycles. The van der Waals surface area contributed by atoms with E-state index in [0.717, 1.165) is 42.3 Å². The van der Waals surface area contributed by atoms with Gasteiger partial charge in [-0.05, 0) is 51.9 Å². The molecular formula is C19H28ClN3O. The topological polar surface area (TPSA) is 41.3 Å². The number of aryl methyl sites for hydroxylation is 1. The quantitative estimate of drug-likeness (QED) is 0.828. The zero-order chi connectivity index (χ0) is 15.9. The van der Waals surface area contributed by atoms with E-state index in [1.807, 2.05) is 18.2 Å². The lowest BCUT2D eigenvalue weighted by molar-refractivity contribution is 0.236. The Hall–Kier alpha value is -1.36. The average Bonchev–Trinajstić information content (AvgIpc) is 3.05. The molecule has 5 heteroatoms. The van der Waals surface area contributed by atoms with E-state index in [1.165, 1.54) is 32.5 Å². The zero-order valence-corrected chi connectivity index (χ0v) is 15.2. The van der Waals surface area contributed by atoms with Gasteiger partial charge in [0.25, 0.3) is 0 Å². The fourth-order valence-electron chi connectivity index (χ4n) is 3.30. The summed E-state index contributed by atoms with van der Waals surface area (Å²) in [5.74, 6) is 1.84. The van der Waals surface area contributed by atoms with E-state index < -0.39 is 0 Å². The molecule has 1 aliphatic heterocycles. The first-order chi connectivity index (χ1) is 11.3. The minimum Gasteiger partial charge on any atom is -0.361 e. The first-order valence-electron chi connectivity index (χ1n) is 8.71. The molecule has 1 N–H and O–H groups in total. The summed E-state index contributed by atoms with van der Waals surface area (Å²) in [6, 6.07) is 12.3. The maximum atomic E-state index is 5.47. The van der Waals surface area contributed by atoms with Crippen LogP contribution in [0.2, 0.25) is 0 Å². The van der Waals surface area contributed by atoms with E-state index in [4.69, 9.17) is 4.52 Å². The van der Waals surface area contributed by atoms with Crippen molar-refractivity contribution in [2.75, 3.05) is 33.2 Å². The molecule has 1 aromatic carbocycles. The summed E-state index contributed by atoms with van der Waals surface area (Å²) in [5.41, 5.74) is 2.05. The summed E-state index contributed by atoms with van der Waals surface area (Å²) in [4.78, 5) is 2.46. The van der Waals surface area contributed by atoms with Crippen LogP contribution < -0.4 is 5.32 Å².